The predicted molar refractivity (Wildman–Crippen MR) is 81.4 cm³/mol. The summed E-state index contributed by atoms with van der Waals surface area (Å²) in [4.78, 5) is 2.50. The molecule has 0 bridgehead atoms. The van der Waals surface area contributed by atoms with Crippen molar-refractivity contribution in [1.29, 1.82) is 0 Å². The van der Waals surface area contributed by atoms with Crippen LogP contribution < -0.4 is 10.2 Å². The van der Waals surface area contributed by atoms with Gasteiger partial charge in [-0.2, -0.15) is 0 Å². The summed E-state index contributed by atoms with van der Waals surface area (Å²) < 4.78 is 0. The van der Waals surface area contributed by atoms with Crippen LogP contribution in [0.25, 0.3) is 0 Å². The van der Waals surface area contributed by atoms with Gasteiger partial charge in [-0.15, -0.1) is 0 Å². The first kappa shape index (κ1) is 15.0. The second kappa shape index (κ2) is 8.15. The van der Waals surface area contributed by atoms with Gasteiger partial charge in [0.25, 0.3) is 0 Å². The van der Waals surface area contributed by atoms with Gasteiger partial charge in [0.05, 0.1) is 0 Å². The zero-order valence-electron chi connectivity index (χ0n) is 12.4. The van der Waals surface area contributed by atoms with Gasteiger partial charge in [0, 0.05) is 18.3 Å². The van der Waals surface area contributed by atoms with Crippen molar-refractivity contribution >= 4 is 5.69 Å². The van der Waals surface area contributed by atoms with Gasteiger partial charge in [-0.3, -0.25) is 0 Å². The van der Waals surface area contributed by atoms with Gasteiger partial charge < -0.3 is 10.2 Å². The molecule has 0 heterocycles. The maximum absolute atomic E-state index is 3.39. The summed E-state index contributed by atoms with van der Waals surface area (Å²) in [5.41, 5.74) is 2.69. The van der Waals surface area contributed by atoms with Crippen LogP contribution in [0.4, 0.5) is 5.69 Å². The van der Waals surface area contributed by atoms with Crippen molar-refractivity contribution in [2.45, 2.75) is 46.6 Å². The molecule has 1 unspecified atom stereocenters. The lowest BCUT2D eigenvalue weighted by molar-refractivity contribution is 0.550. The molecule has 1 atom stereocenters. The number of rotatable bonds is 8. The van der Waals surface area contributed by atoms with Crippen LogP contribution >= 0.6 is 0 Å². The molecule has 1 aromatic carbocycles. The van der Waals surface area contributed by atoms with Crippen LogP contribution in [0.2, 0.25) is 0 Å². The minimum Gasteiger partial charge on any atom is -0.369 e. The quantitative estimate of drug-likeness (QED) is 0.707. The molecule has 0 radical (unpaired) electrons. The fraction of sp³-hybridized carbons (Fsp3) is 0.625. The van der Waals surface area contributed by atoms with Gasteiger partial charge in [0.1, 0.15) is 0 Å². The topological polar surface area (TPSA) is 15.3 Å². The Morgan fingerprint density at radius 1 is 1.28 bits per heavy atom. The third-order valence-corrected chi connectivity index (χ3v) is 3.43. The van der Waals surface area contributed by atoms with Crippen LogP contribution in [0.1, 0.15) is 39.2 Å². The first-order valence-corrected chi connectivity index (χ1v) is 7.23. The lowest BCUT2D eigenvalue weighted by Gasteiger charge is -2.30. The molecule has 0 fully saturated rings. The number of anilines is 1. The van der Waals surface area contributed by atoms with E-state index in [4.69, 9.17) is 0 Å². The first-order valence-electron chi connectivity index (χ1n) is 7.23. The molecule has 2 heteroatoms. The van der Waals surface area contributed by atoms with E-state index in [1.807, 2.05) is 0 Å². The molecular weight excluding hydrogens is 220 g/mol. The number of aryl methyl sites for hydroxylation is 1. The van der Waals surface area contributed by atoms with Crippen molar-refractivity contribution in [3.05, 3.63) is 29.8 Å². The summed E-state index contributed by atoms with van der Waals surface area (Å²) in [5.74, 6) is 0. The number of nitrogens with zero attached hydrogens (tertiary/aromatic N) is 1. The van der Waals surface area contributed by atoms with Gasteiger partial charge in [-0.05, 0) is 64.4 Å². The number of benzene rings is 1. The van der Waals surface area contributed by atoms with Crippen LogP contribution in [-0.4, -0.2) is 25.7 Å². The SMILES string of the molecule is CCNCCCC(C)N(CC)c1cccc(C)c1. The van der Waals surface area contributed by atoms with Gasteiger partial charge in [-0.25, -0.2) is 0 Å². The minimum atomic E-state index is 0.607. The van der Waals surface area contributed by atoms with Crippen molar-refractivity contribution < 1.29 is 0 Å². The fourth-order valence-corrected chi connectivity index (χ4v) is 2.41. The Morgan fingerprint density at radius 3 is 2.67 bits per heavy atom. The van der Waals surface area contributed by atoms with Gasteiger partial charge in [-0.1, -0.05) is 19.1 Å². The molecule has 1 N–H and O–H groups in total. The molecule has 0 aliphatic rings. The van der Waals surface area contributed by atoms with E-state index in [0.717, 1.165) is 19.6 Å². The highest BCUT2D eigenvalue weighted by molar-refractivity contribution is 5.49. The molecule has 1 rings (SSSR count). The van der Waals surface area contributed by atoms with E-state index in [1.165, 1.54) is 24.1 Å². The molecule has 0 saturated heterocycles. The molecule has 0 spiro atoms. The largest absolute Gasteiger partial charge is 0.369 e. The molecule has 18 heavy (non-hydrogen) atoms. The van der Waals surface area contributed by atoms with Crippen molar-refractivity contribution in [2.24, 2.45) is 0 Å². The van der Waals surface area contributed by atoms with E-state index in [2.05, 4.69) is 62.2 Å². The zero-order valence-corrected chi connectivity index (χ0v) is 12.4. The standard InChI is InChI=1S/C16H28N2/c1-5-17-12-8-10-15(4)18(6-2)16-11-7-9-14(3)13-16/h7,9,11,13,15,17H,5-6,8,10,12H2,1-4H3. The van der Waals surface area contributed by atoms with Crippen molar-refractivity contribution in [1.82, 2.24) is 5.32 Å². The van der Waals surface area contributed by atoms with E-state index >= 15 is 0 Å². The third-order valence-electron chi connectivity index (χ3n) is 3.43. The van der Waals surface area contributed by atoms with Crippen LogP contribution in [0.15, 0.2) is 24.3 Å². The van der Waals surface area contributed by atoms with E-state index < -0.39 is 0 Å². The van der Waals surface area contributed by atoms with Crippen LogP contribution in [0.3, 0.4) is 0 Å². The summed E-state index contributed by atoms with van der Waals surface area (Å²) in [6.45, 7) is 12.2. The van der Waals surface area contributed by atoms with Crippen molar-refractivity contribution in [2.75, 3.05) is 24.5 Å². The first-order chi connectivity index (χ1) is 8.69. The maximum atomic E-state index is 3.39. The lowest BCUT2D eigenvalue weighted by atomic mass is 10.1. The fourth-order valence-electron chi connectivity index (χ4n) is 2.41. The van der Waals surface area contributed by atoms with Crippen molar-refractivity contribution in [3.63, 3.8) is 0 Å². The predicted octanol–water partition coefficient (Wildman–Crippen LogP) is 3.60. The second-order valence-corrected chi connectivity index (χ2v) is 4.97. The van der Waals surface area contributed by atoms with Crippen LogP contribution in [-0.2, 0) is 0 Å². The number of nitrogens with one attached hydrogen (secondary N) is 1. The average Bonchev–Trinajstić information content (AvgIpc) is 2.36. The van der Waals surface area contributed by atoms with Crippen LogP contribution in [0, 0.1) is 6.92 Å². The molecule has 1 aromatic rings. The summed E-state index contributed by atoms with van der Waals surface area (Å²) in [6.07, 6.45) is 2.49. The highest BCUT2D eigenvalue weighted by Gasteiger charge is 2.12. The summed E-state index contributed by atoms with van der Waals surface area (Å²) in [6, 6.07) is 9.42. The minimum absolute atomic E-state index is 0.607. The normalized spacial score (nSPS) is 12.4. The Bertz CT molecular complexity index is 336. The molecule has 0 amide bonds. The Morgan fingerprint density at radius 2 is 2.06 bits per heavy atom. The monoisotopic (exact) mass is 248 g/mol. The molecule has 2 nitrogen and oxygen atoms in total. The molecule has 0 aliphatic carbocycles. The number of hydrogen-bond acceptors (Lipinski definition) is 2. The number of hydrogen-bond donors (Lipinski definition) is 1. The summed E-state index contributed by atoms with van der Waals surface area (Å²) in [5, 5.41) is 3.39. The van der Waals surface area contributed by atoms with Gasteiger partial charge in [0.15, 0.2) is 0 Å². The van der Waals surface area contributed by atoms with Crippen LogP contribution in [0.5, 0.6) is 0 Å². The second-order valence-electron chi connectivity index (χ2n) is 4.97. The van der Waals surface area contributed by atoms with Crippen molar-refractivity contribution in [3.8, 4) is 0 Å². The summed E-state index contributed by atoms with van der Waals surface area (Å²) >= 11 is 0. The highest BCUT2D eigenvalue weighted by Crippen LogP contribution is 2.20. The van der Waals surface area contributed by atoms with E-state index in [-0.39, 0.29) is 0 Å². The van der Waals surface area contributed by atoms with E-state index in [0.29, 0.717) is 6.04 Å². The highest BCUT2D eigenvalue weighted by atomic mass is 15.1. The Kier molecular flexibility index (Phi) is 6.81. The smallest absolute Gasteiger partial charge is 0.0371 e. The molecule has 0 aromatic heterocycles. The molecular formula is C16H28N2. The van der Waals surface area contributed by atoms with Gasteiger partial charge >= 0.3 is 0 Å². The average molecular weight is 248 g/mol. The lowest BCUT2D eigenvalue weighted by Crippen LogP contribution is -2.33. The van der Waals surface area contributed by atoms with E-state index in [9.17, 15) is 0 Å². The van der Waals surface area contributed by atoms with Gasteiger partial charge in [0.2, 0.25) is 0 Å². The molecule has 102 valence electrons. The Labute approximate surface area is 112 Å². The van der Waals surface area contributed by atoms with E-state index in [1.54, 1.807) is 0 Å². The molecule has 0 saturated carbocycles. The Balaban J connectivity index is 2.54. The Hall–Kier alpha value is -1.02. The summed E-state index contributed by atoms with van der Waals surface area (Å²) in [7, 11) is 0. The molecule has 0 aliphatic heterocycles. The third kappa shape index (κ3) is 4.69. The zero-order chi connectivity index (χ0) is 13.4. The maximum Gasteiger partial charge on any atom is 0.0371 e.